The Bertz CT molecular complexity index is 1640. The molecule has 0 aliphatic carbocycles. The molecule has 0 saturated carbocycles. The Morgan fingerprint density at radius 2 is 1.50 bits per heavy atom. The van der Waals surface area contributed by atoms with Gasteiger partial charge in [-0.3, -0.25) is 9.59 Å². The van der Waals surface area contributed by atoms with Crippen LogP contribution >= 0.6 is 0 Å². The Balaban J connectivity index is 1.30. The Hall–Kier alpha value is -4.80. The van der Waals surface area contributed by atoms with Crippen LogP contribution in [0.25, 0.3) is 0 Å². The van der Waals surface area contributed by atoms with Crippen molar-refractivity contribution < 1.29 is 22.7 Å². The number of sulfonamides is 1. The molecule has 9 nitrogen and oxygen atoms in total. The minimum Gasteiger partial charge on any atom is -0.484 e. The van der Waals surface area contributed by atoms with E-state index in [2.05, 4.69) is 15.8 Å². The minimum absolute atomic E-state index is 0.123. The maximum atomic E-state index is 13.4. The zero-order valence-electron chi connectivity index (χ0n) is 24.7. The van der Waals surface area contributed by atoms with Crippen molar-refractivity contribution in [3.63, 3.8) is 0 Å². The number of nitrogens with zero attached hydrogens (tertiary/aromatic N) is 2. The van der Waals surface area contributed by atoms with E-state index in [0.717, 1.165) is 16.7 Å². The van der Waals surface area contributed by atoms with Gasteiger partial charge in [-0.05, 0) is 73.4 Å². The standard InChI is InChI=1S/C34H36N4O5S/c1-26-13-19-32(20-14-26)44(41,42)38(22-21-28-9-5-3-6-10-28)24-33(39)37-35-23-29-15-17-31(18-16-29)43-25-34(40)36-27(2)30-11-7-4-8-12-30/h3-20,23,27H,21-22,24-25H2,1-2H3,(H,36,40)(H,37,39)/b35-23-/t27-/m0/s1. The van der Waals surface area contributed by atoms with E-state index in [1.54, 1.807) is 48.5 Å². The molecule has 0 radical (unpaired) electrons. The molecule has 0 heterocycles. The fraction of sp³-hybridized carbons (Fsp3) is 0.206. The first-order valence-corrected chi connectivity index (χ1v) is 15.6. The van der Waals surface area contributed by atoms with Crippen molar-refractivity contribution in [3.8, 4) is 5.75 Å². The summed E-state index contributed by atoms with van der Waals surface area (Å²) >= 11 is 0. The van der Waals surface area contributed by atoms with Gasteiger partial charge >= 0.3 is 0 Å². The van der Waals surface area contributed by atoms with Gasteiger partial charge in [0.2, 0.25) is 10.0 Å². The van der Waals surface area contributed by atoms with Crippen LogP contribution in [0, 0.1) is 6.92 Å². The molecule has 4 aromatic rings. The molecule has 1 atom stereocenters. The van der Waals surface area contributed by atoms with Gasteiger partial charge in [-0.2, -0.15) is 9.41 Å². The number of hydrazone groups is 1. The summed E-state index contributed by atoms with van der Waals surface area (Å²) in [6, 6.07) is 32.4. The summed E-state index contributed by atoms with van der Waals surface area (Å²) in [7, 11) is -3.92. The van der Waals surface area contributed by atoms with Crippen LogP contribution < -0.4 is 15.5 Å². The van der Waals surface area contributed by atoms with Gasteiger partial charge in [0.25, 0.3) is 11.8 Å². The number of benzene rings is 4. The predicted octanol–water partition coefficient (Wildman–Crippen LogP) is 4.63. The van der Waals surface area contributed by atoms with Crippen LogP contribution in [-0.4, -0.2) is 50.4 Å². The Kier molecular flexibility index (Phi) is 11.4. The number of hydrogen-bond acceptors (Lipinski definition) is 6. The highest BCUT2D eigenvalue weighted by Gasteiger charge is 2.26. The van der Waals surface area contributed by atoms with Crippen molar-refractivity contribution in [2.45, 2.75) is 31.2 Å². The highest BCUT2D eigenvalue weighted by Crippen LogP contribution is 2.17. The monoisotopic (exact) mass is 612 g/mol. The third-order valence-corrected chi connectivity index (χ3v) is 8.66. The number of nitrogens with one attached hydrogen (secondary N) is 2. The van der Waals surface area contributed by atoms with Crippen molar-refractivity contribution in [3.05, 3.63) is 131 Å². The lowest BCUT2D eigenvalue weighted by molar-refractivity contribution is -0.124. The number of amides is 2. The molecular weight excluding hydrogens is 576 g/mol. The van der Waals surface area contributed by atoms with Crippen molar-refractivity contribution in [1.82, 2.24) is 15.0 Å². The van der Waals surface area contributed by atoms with Crippen LogP contribution in [0.2, 0.25) is 0 Å². The first-order chi connectivity index (χ1) is 21.2. The molecule has 2 amide bonds. The number of carbonyl (C=O) groups is 2. The second-order valence-electron chi connectivity index (χ2n) is 10.2. The SMILES string of the molecule is Cc1ccc(S(=O)(=O)N(CCc2ccccc2)CC(=O)N/N=C\c2ccc(OCC(=O)N[C@@H](C)c3ccccc3)cc2)cc1. The van der Waals surface area contributed by atoms with Crippen LogP contribution in [0.1, 0.15) is 35.2 Å². The van der Waals surface area contributed by atoms with Gasteiger partial charge in [0.05, 0.1) is 23.7 Å². The summed E-state index contributed by atoms with van der Waals surface area (Å²) in [5.41, 5.74) is 6.00. The first kappa shape index (κ1) is 32.1. The third-order valence-electron chi connectivity index (χ3n) is 6.80. The fourth-order valence-corrected chi connectivity index (χ4v) is 5.72. The first-order valence-electron chi connectivity index (χ1n) is 14.2. The summed E-state index contributed by atoms with van der Waals surface area (Å²) in [6.45, 7) is 3.39. The second kappa shape index (κ2) is 15.6. The quantitative estimate of drug-likeness (QED) is 0.159. The minimum atomic E-state index is -3.92. The second-order valence-corrected chi connectivity index (χ2v) is 12.2. The number of aryl methyl sites for hydroxylation is 1. The van der Waals surface area contributed by atoms with Gasteiger partial charge in [0.15, 0.2) is 6.61 Å². The topological polar surface area (TPSA) is 117 Å². The maximum Gasteiger partial charge on any atom is 0.258 e. The lowest BCUT2D eigenvalue weighted by atomic mass is 10.1. The maximum absolute atomic E-state index is 13.4. The number of hydrogen-bond donors (Lipinski definition) is 2. The van der Waals surface area contributed by atoms with Gasteiger partial charge in [-0.15, -0.1) is 0 Å². The fourth-order valence-electron chi connectivity index (χ4n) is 4.32. The zero-order valence-corrected chi connectivity index (χ0v) is 25.5. The van der Waals surface area contributed by atoms with Crippen LogP contribution in [0.15, 0.2) is 119 Å². The Labute approximate surface area is 258 Å². The molecule has 228 valence electrons. The molecule has 0 aliphatic heterocycles. The Morgan fingerprint density at radius 1 is 0.864 bits per heavy atom. The predicted molar refractivity (Wildman–Crippen MR) is 171 cm³/mol. The molecule has 0 saturated heterocycles. The van der Waals surface area contributed by atoms with Gasteiger partial charge in [-0.25, -0.2) is 13.8 Å². The number of carbonyl (C=O) groups excluding carboxylic acids is 2. The molecule has 0 spiro atoms. The van der Waals surface area contributed by atoms with E-state index in [9.17, 15) is 18.0 Å². The largest absolute Gasteiger partial charge is 0.484 e. The molecule has 0 bridgehead atoms. The number of ether oxygens (including phenoxy) is 1. The lowest BCUT2D eigenvalue weighted by Crippen LogP contribution is -2.40. The zero-order chi connectivity index (χ0) is 31.4. The molecule has 10 heteroatoms. The van der Waals surface area contributed by atoms with Crippen molar-refractivity contribution in [2.75, 3.05) is 19.7 Å². The summed E-state index contributed by atoms with van der Waals surface area (Å²) in [6.07, 6.45) is 1.89. The smallest absolute Gasteiger partial charge is 0.258 e. The van der Waals surface area contributed by atoms with E-state index in [1.807, 2.05) is 74.5 Å². The molecule has 0 aromatic heterocycles. The van der Waals surface area contributed by atoms with Crippen LogP contribution in [0.4, 0.5) is 0 Å². The van der Waals surface area contributed by atoms with E-state index in [-0.39, 0.29) is 30.0 Å². The average molecular weight is 613 g/mol. The normalized spacial score (nSPS) is 12.2. The van der Waals surface area contributed by atoms with Gasteiger partial charge in [-0.1, -0.05) is 78.4 Å². The van der Waals surface area contributed by atoms with E-state index < -0.39 is 22.5 Å². The van der Waals surface area contributed by atoms with Crippen molar-refractivity contribution in [1.29, 1.82) is 0 Å². The summed E-state index contributed by atoms with van der Waals surface area (Å²) in [5, 5.41) is 6.89. The summed E-state index contributed by atoms with van der Waals surface area (Å²) in [5.74, 6) is -0.304. The van der Waals surface area contributed by atoms with E-state index in [0.29, 0.717) is 17.7 Å². The average Bonchev–Trinajstić information content (AvgIpc) is 3.03. The van der Waals surface area contributed by atoms with E-state index >= 15 is 0 Å². The van der Waals surface area contributed by atoms with Crippen molar-refractivity contribution >= 4 is 28.1 Å². The van der Waals surface area contributed by atoms with E-state index in [4.69, 9.17) is 4.74 Å². The van der Waals surface area contributed by atoms with Gasteiger partial charge in [0.1, 0.15) is 5.75 Å². The molecule has 0 aliphatic rings. The molecule has 4 aromatic carbocycles. The molecule has 2 N–H and O–H groups in total. The third kappa shape index (κ3) is 9.62. The van der Waals surface area contributed by atoms with Crippen LogP contribution in [-0.2, 0) is 26.0 Å². The molecule has 44 heavy (non-hydrogen) atoms. The van der Waals surface area contributed by atoms with Gasteiger partial charge in [0, 0.05) is 6.54 Å². The van der Waals surface area contributed by atoms with E-state index in [1.165, 1.54) is 10.5 Å². The van der Waals surface area contributed by atoms with Crippen LogP contribution in [0.5, 0.6) is 5.75 Å². The molecule has 0 fully saturated rings. The molecule has 0 unspecified atom stereocenters. The van der Waals surface area contributed by atoms with Crippen LogP contribution in [0.3, 0.4) is 0 Å². The summed E-state index contributed by atoms with van der Waals surface area (Å²) < 4.78 is 33.6. The van der Waals surface area contributed by atoms with Gasteiger partial charge < -0.3 is 10.1 Å². The Morgan fingerprint density at radius 3 is 2.16 bits per heavy atom. The van der Waals surface area contributed by atoms with Crippen molar-refractivity contribution in [2.24, 2.45) is 5.10 Å². The highest BCUT2D eigenvalue weighted by molar-refractivity contribution is 7.89. The molecule has 4 rings (SSSR count). The molecular formula is C34H36N4O5S. The summed E-state index contributed by atoms with van der Waals surface area (Å²) in [4.78, 5) is 25.2. The lowest BCUT2D eigenvalue weighted by Gasteiger charge is -2.21. The number of rotatable bonds is 14. The highest BCUT2D eigenvalue weighted by atomic mass is 32.2.